The Kier molecular flexibility index (Phi) is 5.56. The van der Waals surface area contributed by atoms with Crippen LogP contribution in [0.1, 0.15) is 38.2 Å². The van der Waals surface area contributed by atoms with E-state index in [1.807, 2.05) is 6.92 Å². The molecule has 3 aliphatic heterocycles. The van der Waals surface area contributed by atoms with Crippen molar-refractivity contribution in [2.75, 3.05) is 37.7 Å². The van der Waals surface area contributed by atoms with Gasteiger partial charge in [-0.3, -0.25) is 4.79 Å². The fourth-order valence-electron chi connectivity index (χ4n) is 3.99. The molecule has 7 nitrogen and oxygen atoms in total. The first kappa shape index (κ1) is 20.3. The fraction of sp³-hybridized carbons (Fsp3) is 0.632. The molecule has 4 rings (SSSR count). The van der Waals surface area contributed by atoms with Crippen LogP contribution in [0, 0.1) is 0 Å². The van der Waals surface area contributed by atoms with Gasteiger partial charge in [-0.2, -0.15) is 4.31 Å². The lowest BCUT2D eigenvalue weighted by atomic mass is 10.1. The number of amides is 1. The van der Waals surface area contributed by atoms with E-state index in [0.717, 1.165) is 19.3 Å². The summed E-state index contributed by atoms with van der Waals surface area (Å²) in [5, 5.41) is 0. The van der Waals surface area contributed by atoms with Crippen molar-refractivity contribution in [3.05, 3.63) is 23.8 Å². The third-order valence-corrected chi connectivity index (χ3v) is 7.85. The molecule has 0 N–H and O–H groups in total. The highest BCUT2D eigenvalue weighted by atomic mass is 79.9. The SMILES string of the molecule is CC(Br)CCN1C(=O)C2(OCCCO2)c2cc(S(=O)(=O)N3CCCC3)ccc21. The molecular weight excluding hydrogens is 448 g/mol. The Hall–Kier alpha value is -1.00. The average Bonchev–Trinajstić information content (AvgIpc) is 3.29. The van der Waals surface area contributed by atoms with Gasteiger partial charge >= 0.3 is 0 Å². The van der Waals surface area contributed by atoms with Crippen LogP contribution in [0.5, 0.6) is 0 Å². The van der Waals surface area contributed by atoms with Crippen molar-refractivity contribution >= 4 is 37.5 Å². The van der Waals surface area contributed by atoms with Gasteiger partial charge in [0.25, 0.3) is 11.7 Å². The Morgan fingerprint density at radius 2 is 1.86 bits per heavy atom. The number of carbonyl (C=O) groups excluding carboxylic acids is 1. The van der Waals surface area contributed by atoms with Gasteiger partial charge in [-0.15, -0.1) is 0 Å². The highest BCUT2D eigenvalue weighted by Crippen LogP contribution is 2.46. The third-order valence-electron chi connectivity index (χ3n) is 5.49. The highest BCUT2D eigenvalue weighted by molar-refractivity contribution is 9.09. The van der Waals surface area contributed by atoms with Crippen LogP contribution in [0.4, 0.5) is 5.69 Å². The first-order chi connectivity index (χ1) is 13.4. The second-order valence-electron chi connectivity index (χ2n) is 7.48. The zero-order chi connectivity index (χ0) is 19.9. The molecule has 0 aliphatic carbocycles. The molecule has 1 unspecified atom stereocenters. The Morgan fingerprint density at radius 3 is 2.50 bits per heavy atom. The van der Waals surface area contributed by atoms with Gasteiger partial charge in [0.05, 0.1) is 23.8 Å². The fourth-order valence-corrected chi connectivity index (χ4v) is 5.74. The van der Waals surface area contributed by atoms with Gasteiger partial charge in [-0.05, 0) is 43.9 Å². The summed E-state index contributed by atoms with van der Waals surface area (Å²) in [6, 6.07) is 4.88. The molecule has 1 aromatic rings. The van der Waals surface area contributed by atoms with Crippen molar-refractivity contribution < 1.29 is 22.7 Å². The van der Waals surface area contributed by atoms with E-state index in [1.165, 1.54) is 4.31 Å². The molecule has 2 saturated heterocycles. The lowest BCUT2D eigenvalue weighted by Crippen LogP contribution is -2.47. The monoisotopic (exact) mass is 472 g/mol. The molecule has 9 heteroatoms. The zero-order valence-corrected chi connectivity index (χ0v) is 18.3. The topological polar surface area (TPSA) is 76.1 Å². The van der Waals surface area contributed by atoms with Crippen LogP contribution in [0.25, 0.3) is 0 Å². The Bertz CT molecular complexity index is 861. The standard InChI is InChI=1S/C19H25BrN2O5S/c1-14(20)7-10-22-17-6-5-15(28(24,25)21-8-2-3-9-21)13-16(17)19(18(22)23)26-11-4-12-27-19/h5-6,13-14H,2-4,7-12H2,1H3. The van der Waals surface area contributed by atoms with Gasteiger partial charge in [0.15, 0.2) is 0 Å². The molecule has 0 bridgehead atoms. The smallest absolute Gasteiger partial charge is 0.292 e. The van der Waals surface area contributed by atoms with Crippen molar-refractivity contribution in [1.82, 2.24) is 4.31 Å². The van der Waals surface area contributed by atoms with Crippen LogP contribution in [0.2, 0.25) is 0 Å². The number of halogens is 1. The number of benzene rings is 1. The van der Waals surface area contributed by atoms with Gasteiger partial charge in [0, 0.05) is 30.0 Å². The lowest BCUT2D eigenvalue weighted by molar-refractivity contribution is -0.256. The summed E-state index contributed by atoms with van der Waals surface area (Å²) in [6.07, 6.45) is 3.21. The van der Waals surface area contributed by atoms with E-state index in [9.17, 15) is 13.2 Å². The maximum atomic E-state index is 13.3. The number of nitrogens with zero attached hydrogens (tertiary/aromatic N) is 2. The van der Waals surface area contributed by atoms with Gasteiger partial charge in [-0.25, -0.2) is 8.42 Å². The molecule has 3 heterocycles. The minimum Gasteiger partial charge on any atom is -0.338 e. The van der Waals surface area contributed by atoms with Gasteiger partial charge in [-0.1, -0.05) is 22.9 Å². The Morgan fingerprint density at radius 1 is 1.18 bits per heavy atom. The van der Waals surface area contributed by atoms with E-state index in [-0.39, 0.29) is 15.6 Å². The average molecular weight is 473 g/mol. The molecule has 0 radical (unpaired) electrons. The first-order valence-corrected chi connectivity index (χ1v) is 12.1. The number of anilines is 1. The maximum absolute atomic E-state index is 13.3. The Labute approximate surface area is 174 Å². The largest absolute Gasteiger partial charge is 0.338 e. The molecular formula is C19H25BrN2O5S. The summed E-state index contributed by atoms with van der Waals surface area (Å²) in [5.41, 5.74) is 1.17. The van der Waals surface area contributed by atoms with E-state index in [1.54, 1.807) is 23.1 Å². The van der Waals surface area contributed by atoms with Crippen LogP contribution >= 0.6 is 15.9 Å². The van der Waals surface area contributed by atoms with Crippen LogP contribution in [-0.4, -0.2) is 56.3 Å². The van der Waals surface area contributed by atoms with E-state index in [0.29, 0.717) is 50.5 Å². The lowest BCUT2D eigenvalue weighted by Gasteiger charge is -2.32. The molecule has 0 saturated carbocycles. The number of rotatable bonds is 5. The molecule has 1 atom stereocenters. The van der Waals surface area contributed by atoms with Crippen LogP contribution in [0.3, 0.4) is 0 Å². The number of hydrogen-bond acceptors (Lipinski definition) is 5. The van der Waals surface area contributed by atoms with Crippen molar-refractivity contribution in [2.24, 2.45) is 0 Å². The summed E-state index contributed by atoms with van der Waals surface area (Å²) in [4.78, 5) is 15.4. The summed E-state index contributed by atoms with van der Waals surface area (Å²) in [6.45, 7) is 4.40. The van der Waals surface area contributed by atoms with Crippen molar-refractivity contribution in [2.45, 2.75) is 48.1 Å². The number of alkyl halides is 1. The predicted molar refractivity (Wildman–Crippen MR) is 108 cm³/mol. The van der Waals surface area contributed by atoms with E-state index in [4.69, 9.17) is 9.47 Å². The number of fused-ring (bicyclic) bond motifs is 2. The number of hydrogen-bond donors (Lipinski definition) is 0. The van der Waals surface area contributed by atoms with Crippen LogP contribution < -0.4 is 4.90 Å². The van der Waals surface area contributed by atoms with Crippen molar-refractivity contribution in [3.8, 4) is 0 Å². The van der Waals surface area contributed by atoms with Gasteiger partial charge < -0.3 is 14.4 Å². The quantitative estimate of drug-likeness (QED) is 0.615. The molecule has 154 valence electrons. The maximum Gasteiger partial charge on any atom is 0.292 e. The summed E-state index contributed by atoms with van der Waals surface area (Å²) < 4.78 is 39.3. The van der Waals surface area contributed by atoms with E-state index in [2.05, 4.69) is 15.9 Å². The van der Waals surface area contributed by atoms with Gasteiger partial charge in [0.1, 0.15) is 0 Å². The van der Waals surface area contributed by atoms with E-state index < -0.39 is 15.8 Å². The minimum atomic E-state index is -3.59. The minimum absolute atomic E-state index is 0.189. The Balaban J connectivity index is 1.76. The normalized spacial score (nSPS) is 23.4. The first-order valence-electron chi connectivity index (χ1n) is 9.75. The predicted octanol–water partition coefficient (Wildman–Crippen LogP) is 2.58. The number of carbonyl (C=O) groups is 1. The van der Waals surface area contributed by atoms with Crippen LogP contribution in [-0.2, 0) is 30.1 Å². The second kappa shape index (κ2) is 7.68. The molecule has 1 spiro atoms. The third kappa shape index (κ3) is 3.31. The second-order valence-corrected chi connectivity index (χ2v) is 11.0. The van der Waals surface area contributed by atoms with E-state index >= 15 is 0 Å². The summed E-state index contributed by atoms with van der Waals surface area (Å²) in [7, 11) is -3.59. The highest BCUT2D eigenvalue weighted by Gasteiger charge is 2.55. The number of ether oxygens (including phenoxy) is 2. The molecule has 2 fully saturated rings. The van der Waals surface area contributed by atoms with Crippen molar-refractivity contribution in [3.63, 3.8) is 0 Å². The van der Waals surface area contributed by atoms with Crippen LogP contribution in [0.15, 0.2) is 23.1 Å². The summed E-state index contributed by atoms with van der Waals surface area (Å²) >= 11 is 3.52. The molecule has 0 aromatic heterocycles. The number of sulfonamides is 1. The molecule has 3 aliphatic rings. The molecule has 1 aromatic carbocycles. The molecule has 1 amide bonds. The zero-order valence-electron chi connectivity index (χ0n) is 15.9. The summed E-state index contributed by atoms with van der Waals surface area (Å²) in [5.74, 6) is -1.80. The van der Waals surface area contributed by atoms with Crippen molar-refractivity contribution in [1.29, 1.82) is 0 Å². The molecule has 28 heavy (non-hydrogen) atoms. The van der Waals surface area contributed by atoms with Gasteiger partial charge in [0.2, 0.25) is 10.0 Å².